The number of nitrogens with zero attached hydrogens (tertiary/aromatic N) is 2. The van der Waals surface area contributed by atoms with Crippen LogP contribution in [-0.2, 0) is 0 Å². The van der Waals surface area contributed by atoms with Gasteiger partial charge in [0.15, 0.2) is 4.34 Å². The van der Waals surface area contributed by atoms with Gasteiger partial charge in [-0.05, 0) is 12.1 Å². The molecule has 1 aromatic heterocycles. The van der Waals surface area contributed by atoms with Crippen LogP contribution in [0.5, 0.6) is 5.75 Å². The number of ether oxygens (including phenoxy) is 1. The van der Waals surface area contributed by atoms with Crippen molar-refractivity contribution in [1.29, 1.82) is 0 Å². The Morgan fingerprint density at radius 2 is 2.25 bits per heavy atom. The second-order valence-corrected chi connectivity index (χ2v) is 6.40. The number of anilines is 1. The molecule has 0 aliphatic rings. The summed E-state index contributed by atoms with van der Waals surface area (Å²) < 4.78 is 6.52. The standard InChI is InChI=1S/C13H14ClN3OS2/c1-2-7-15-12-16-17-13(20-12)19-9-8-18-11-6-4-3-5-10(11)14/h2-6H,1,7-9H2,(H,15,16). The number of benzene rings is 1. The summed E-state index contributed by atoms with van der Waals surface area (Å²) in [6.45, 7) is 4.90. The molecule has 7 heteroatoms. The Labute approximate surface area is 131 Å². The van der Waals surface area contributed by atoms with Crippen LogP contribution in [0.3, 0.4) is 0 Å². The van der Waals surface area contributed by atoms with Crippen molar-refractivity contribution in [3.8, 4) is 5.75 Å². The van der Waals surface area contributed by atoms with Gasteiger partial charge >= 0.3 is 0 Å². The van der Waals surface area contributed by atoms with Crippen LogP contribution in [-0.4, -0.2) is 29.1 Å². The predicted octanol–water partition coefficient (Wildman–Crippen LogP) is 3.96. The molecule has 1 N–H and O–H groups in total. The Balaban J connectivity index is 1.72. The van der Waals surface area contributed by atoms with Gasteiger partial charge in [-0.15, -0.1) is 16.8 Å². The van der Waals surface area contributed by atoms with Gasteiger partial charge in [0, 0.05) is 12.3 Å². The minimum absolute atomic E-state index is 0.573. The summed E-state index contributed by atoms with van der Waals surface area (Å²) in [4.78, 5) is 0. The molecule has 0 atom stereocenters. The van der Waals surface area contributed by atoms with E-state index in [2.05, 4.69) is 22.1 Å². The van der Waals surface area contributed by atoms with Crippen LogP contribution in [0.15, 0.2) is 41.3 Å². The molecule has 0 unspecified atom stereocenters. The fourth-order valence-corrected chi connectivity index (χ4v) is 3.18. The molecule has 0 fully saturated rings. The van der Waals surface area contributed by atoms with Crippen molar-refractivity contribution >= 4 is 39.8 Å². The molecule has 0 saturated heterocycles. The number of aromatic nitrogens is 2. The van der Waals surface area contributed by atoms with E-state index >= 15 is 0 Å². The monoisotopic (exact) mass is 327 g/mol. The smallest absolute Gasteiger partial charge is 0.206 e. The topological polar surface area (TPSA) is 47.0 Å². The third-order valence-electron chi connectivity index (χ3n) is 2.21. The fourth-order valence-electron chi connectivity index (χ4n) is 1.34. The lowest BCUT2D eigenvalue weighted by Gasteiger charge is -2.06. The number of hydrogen-bond donors (Lipinski definition) is 1. The first-order valence-corrected chi connectivity index (χ1v) is 8.16. The molecule has 2 aromatic rings. The molecule has 0 amide bonds. The lowest BCUT2D eigenvalue weighted by Crippen LogP contribution is -2.00. The van der Waals surface area contributed by atoms with E-state index in [1.165, 1.54) is 11.3 Å². The lowest BCUT2D eigenvalue weighted by molar-refractivity contribution is 0.344. The number of thioether (sulfide) groups is 1. The number of para-hydroxylation sites is 1. The van der Waals surface area contributed by atoms with Gasteiger partial charge in [0.05, 0.1) is 11.6 Å². The summed E-state index contributed by atoms with van der Waals surface area (Å²) in [5.74, 6) is 1.50. The van der Waals surface area contributed by atoms with Gasteiger partial charge in [-0.3, -0.25) is 0 Å². The quantitative estimate of drug-likeness (QED) is 0.452. The van der Waals surface area contributed by atoms with Gasteiger partial charge < -0.3 is 10.1 Å². The summed E-state index contributed by atoms with van der Waals surface area (Å²) in [5, 5.41) is 12.7. The Morgan fingerprint density at radius 1 is 1.40 bits per heavy atom. The average molecular weight is 328 g/mol. The van der Waals surface area contributed by atoms with Crippen LogP contribution >= 0.6 is 34.7 Å². The maximum atomic E-state index is 6.00. The highest BCUT2D eigenvalue weighted by Crippen LogP contribution is 2.26. The molecule has 0 bridgehead atoms. The highest BCUT2D eigenvalue weighted by Gasteiger charge is 2.04. The van der Waals surface area contributed by atoms with Gasteiger partial charge in [0.25, 0.3) is 0 Å². The predicted molar refractivity (Wildman–Crippen MR) is 86.3 cm³/mol. The van der Waals surface area contributed by atoms with Crippen LogP contribution in [0.4, 0.5) is 5.13 Å². The molecular weight excluding hydrogens is 314 g/mol. The first-order chi connectivity index (χ1) is 9.79. The maximum absolute atomic E-state index is 6.00. The van der Waals surface area contributed by atoms with E-state index < -0.39 is 0 Å². The number of hydrogen-bond acceptors (Lipinski definition) is 6. The van der Waals surface area contributed by atoms with Crippen molar-refractivity contribution in [1.82, 2.24) is 10.2 Å². The summed E-state index contributed by atoms with van der Waals surface area (Å²) in [5.41, 5.74) is 0. The van der Waals surface area contributed by atoms with Crippen molar-refractivity contribution < 1.29 is 4.74 Å². The van der Waals surface area contributed by atoms with Gasteiger partial charge in [-0.25, -0.2) is 0 Å². The molecule has 1 aromatic carbocycles. The van der Waals surface area contributed by atoms with Crippen molar-refractivity contribution in [2.24, 2.45) is 0 Å². The van der Waals surface area contributed by atoms with Crippen molar-refractivity contribution in [2.75, 3.05) is 24.2 Å². The lowest BCUT2D eigenvalue weighted by atomic mass is 10.3. The van der Waals surface area contributed by atoms with Gasteiger partial charge in [0.1, 0.15) is 5.75 Å². The number of halogens is 1. The van der Waals surface area contributed by atoms with Crippen molar-refractivity contribution in [2.45, 2.75) is 4.34 Å². The van der Waals surface area contributed by atoms with E-state index in [9.17, 15) is 0 Å². The molecule has 0 spiro atoms. The fraction of sp³-hybridized carbons (Fsp3) is 0.231. The summed E-state index contributed by atoms with van der Waals surface area (Å²) >= 11 is 9.14. The van der Waals surface area contributed by atoms with E-state index in [0.29, 0.717) is 23.9 Å². The van der Waals surface area contributed by atoms with Gasteiger partial charge in [-0.1, -0.05) is 52.9 Å². The summed E-state index contributed by atoms with van der Waals surface area (Å²) in [6.07, 6.45) is 1.78. The van der Waals surface area contributed by atoms with Crippen molar-refractivity contribution in [3.05, 3.63) is 41.9 Å². The van der Waals surface area contributed by atoms with E-state index in [1.54, 1.807) is 17.8 Å². The molecule has 2 rings (SSSR count). The SMILES string of the molecule is C=CCNc1nnc(SCCOc2ccccc2Cl)s1. The Morgan fingerprint density at radius 3 is 3.05 bits per heavy atom. The second-order valence-electron chi connectivity index (χ2n) is 3.67. The minimum Gasteiger partial charge on any atom is -0.491 e. The summed E-state index contributed by atoms with van der Waals surface area (Å²) in [6, 6.07) is 7.45. The molecule has 1 heterocycles. The zero-order valence-corrected chi connectivity index (χ0v) is 13.1. The zero-order valence-electron chi connectivity index (χ0n) is 10.7. The molecule has 106 valence electrons. The molecule has 0 radical (unpaired) electrons. The second kappa shape index (κ2) is 8.14. The maximum Gasteiger partial charge on any atom is 0.206 e. The minimum atomic E-state index is 0.573. The first-order valence-electron chi connectivity index (χ1n) is 5.98. The Bertz CT molecular complexity index is 562. The van der Waals surface area contributed by atoms with E-state index in [1.807, 2.05) is 24.3 Å². The molecule has 0 saturated carbocycles. The molecule has 0 aliphatic heterocycles. The summed E-state index contributed by atoms with van der Waals surface area (Å²) in [7, 11) is 0. The van der Waals surface area contributed by atoms with E-state index in [-0.39, 0.29) is 0 Å². The Kier molecular flexibility index (Phi) is 6.17. The molecule has 0 aliphatic carbocycles. The van der Waals surface area contributed by atoms with Crippen LogP contribution in [0.1, 0.15) is 0 Å². The highest BCUT2D eigenvalue weighted by atomic mass is 35.5. The highest BCUT2D eigenvalue weighted by molar-refractivity contribution is 8.01. The third kappa shape index (κ3) is 4.70. The van der Waals surface area contributed by atoms with Crippen LogP contribution < -0.4 is 10.1 Å². The van der Waals surface area contributed by atoms with Gasteiger partial charge in [-0.2, -0.15) is 0 Å². The number of rotatable bonds is 8. The molecule has 4 nitrogen and oxygen atoms in total. The van der Waals surface area contributed by atoms with Crippen LogP contribution in [0.25, 0.3) is 0 Å². The number of nitrogens with one attached hydrogen (secondary N) is 1. The van der Waals surface area contributed by atoms with Crippen LogP contribution in [0.2, 0.25) is 5.02 Å². The third-order valence-corrected chi connectivity index (χ3v) is 4.50. The first kappa shape index (κ1) is 15.2. The molecular formula is C13H14ClN3OS2. The Hall–Kier alpha value is -1.24. The molecule has 20 heavy (non-hydrogen) atoms. The van der Waals surface area contributed by atoms with Crippen molar-refractivity contribution in [3.63, 3.8) is 0 Å². The van der Waals surface area contributed by atoms with E-state index in [0.717, 1.165) is 15.2 Å². The zero-order chi connectivity index (χ0) is 14.2. The average Bonchev–Trinajstić information content (AvgIpc) is 2.91. The van der Waals surface area contributed by atoms with Crippen LogP contribution in [0, 0.1) is 0 Å². The largest absolute Gasteiger partial charge is 0.491 e. The normalized spacial score (nSPS) is 10.2. The van der Waals surface area contributed by atoms with E-state index in [4.69, 9.17) is 16.3 Å². The van der Waals surface area contributed by atoms with Gasteiger partial charge in [0.2, 0.25) is 5.13 Å².